The summed E-state index contributed by atoms with van der Waals surface area (Å²) in [7, 11) is 0. The third-order valence-corrected chi connectivity index (χ3v) is 6.52. The molecule has 5 heterocycles. The van der Waals surface area contributed by atoms with Crippen LogP contribution in [0.1, 0.15) is 37.8 Å². The minimum atomic E-state index is -1.98. The van der Waals surface area contributed by atoms with Crippen LogP contribution in [0.5, 0.6) is 0 Å². The van der Waals surface area contributed by atoms with Gasteiger partial charge in [-0.2, -0.15) is 10.4 Å². The van der Waals surface area contributed by atoms with Crippen LogP contribution >= 0.6 is 0 Å². The quantitative estimate of drug-likeness (QED) is 0.445. The van der Waals surface area contributed by atoms with E-state index >= 15 is 0 Å². The standard InChI is InChI=1S/C23H25N5O9/c24-11-23(16-5-4-14-21(25)26-12-27-28(14)16)20-19(35-17(29)2-1-3-18(30)36-20)15(37-23)10-33-22(31)34-13-6-8-32-9-7-13/h4-5,12-13,15,19-20H,1-3,6-10H2,(H2,25,26,27)/t15-,19-,20-,23?/m1/s1. The van der Waals surface area contributed by atoms with Gasteiger partial charge in [-0.05, 0) is 18.6 Å². The Hall–Kier alpha value is -3.96. The molecule has 1 unspecified atom stereocenters. The predicted octanol–water partition coefficient (Wildman–Crippen LogP) is 0.769. The lowest BCUT2D eigenvalue weighted by atomic mass is 9.92. The number of carbonyl (C=O) groups excluding carboxylic acids is 3. The van der Waals surface area contributed by atoms with Crippen LogP contribution in [0.3, 0.4) is 0 Å². The number of nitriles is 1. The molecule has 0 aliphatic carbocycles. The summed E-state index contributed by atoms with van der Waals surface area (Å²) in [6, 6.07) is 5.20. The molecule has 3 saturated heterocycles. The monoisotopic (exact) mass is 515 g/mol. The van der Waals surface area contributed by atoms with Crippen molar-refractivity contribution in [3.8, 4) is 6.07 Å². The minimum absolute atomic E-state index is 0.0327. The van der Waals surface area contributed by atoms with E-state index in [0.717, 1.165) is 0 Å². The fraction of sp³-hybridized carbons (Fsp3) is 0.565. The summed E-state index contributed by atoms with van der Waals surface area (Å²) >= 11 is 0. The van der Waals surface area contributed by atoms with E-state index in [2.05, 4.69) is 16.2 Å². The van der Waals surface area contributed by atoms with Crippen LogP contribution in [-0.4, -0.2) is 76.9 Å². The zero-order valence-corrected chi connectivity index (χ0v) is 19.7. The SMILES string of the molecule is N#CC1(c2ccc3c(N)ncnn23)O[C@H](COC(=O)OC2CCOCC2)[C@H]2OC(=O)CCCC(=O)O[C@H]21. The van der Waals surface area contributed by atoms with Crippen molar-refractivity contribution in [3.63, 3.8) is 0 Å². The molecule has 0 bridgehead atoms. The Morgan fingerprint density at radius 3 is 2.73 bits per heavy atom. The van der Waals surface area contributed by atoms with E-state index in [1.165, 1.54) is 16.9 Å². The maximum absolute atomic E-state index is 12.6. The van der Waals surface area contributed by atoms with Gasteiger partial charge in [0.2, 0.25) is 5.60 Å². The predicted molar refractivity (Wildman–Crippen MR) is 119 cm³/mol. The lowest BCUT2D eigenvalue weighted by molar-refractivity contribution is -0.166. The third kappa shape index (κ3) is 4.75. The summed E-state index contributed by atoms with van der Waals surface area (Å²) in [6.45, 7) is 0.509. The normalized spacial score (nSPS) is 28.7. The molecule has 0 amide bonds. The molecule has 0 saturated carbocycles. The minimum Gasteiger partial charge on any atom is -0.455 e. The number of nitrogens with two attached hydrogens (primary N) is 1. The Bertz CT molecular complexity index is 1240. The zero-order chi connectivity index (χ0) is 26.0. The van der Waals surface area contributed by atoms with Crippen LogP contribution in [0.15, 0.2) is 18.5 Å². The van der Waals surface area contributed by atoms with Crippen molar-refractivity contribution in [2.45, 2.75) is 62.1 Å². The maximum atomic E-state index is 12.6. The van der Waals surface area contributed by atoms with E-state index in [9.17, 15) is 19.6 Å². The van der Waals surface area contributed by atoms with Crippen LogP contribution in [0.2, 0.25) is 0 Å². The van der Waals surface area contributed by atoms with Crippen LogP contribution in [0, 0.1) is 11.3 Å². The van der Waals surface area contributed by atoms with Crippen LogP contribution in [-0.2, 0) is 43.6 Å². The molecule has 3 fully saturated rings. The van der Waals surface area contributed by atoms with E-state index in [0.29, 0.717) is 31.6 Å². The highest BCUT2D eigenvalue weighted by atomic mass is 16.7. The average Bonchev–Trinajstić information content (AvgIpc) is 3.46. The zero-order valence-electron chi connectivity index (χ0n) is 19.7. The van der Waals surface area contributed by atoms with Crippen molar-refractivity contribution in [2.24, 2.45) is 0 Å². The lowest BCUT2D eigenvalue weighted by Gasteiger charge is -2.28. The van der Waals surface area contributed by atoms with Crippen LogP contribution in [0.4, 0.5) is 10.6 Å². The number of nitrogen functional groups attached to an aromatic ring is 1. The average molecular weight is 515 g/mol. The Kier molecular flexibility index (Phi) is 6.81. The fourth-order valence-corrected chi connectivity index (χ4v) is 4.71. The van der Waals surface area contributed by atoms with Gasteiger partial charge in [0.25, 0.3) is 0 Å². The highest BCUT2D eigenvalue weighted by Gasteiger charge is 2.63. The first-order valence-corrected chi connectivity index (χ1v) is 11.9. The first-order chi connectivity index (χ1) is 17.9. The number of nitrogens with zero attached hydrogens (tertiary/aromatic N) is 4. The number of esters is 2. The lowest BCUT2D eigenvalue weighted by Crippen LogP contribution is -2.45. The van der Waals surface area contributed by atoms with Crippen molar-refractivity contribution >= 4 is 29.4 Å². The van der Waals surface area contributed by atoms with E-state index in [4.69, 9.17) is 34.2 Å². The second-order valence-corrected chi connectivity index (χ2v) is 8.87. The Morgan fingerprint density at radius 1 is 1.22 bits per heavy atom. The third-order valence-electron chi connectivity index (χ3n) is 6.52. The molecule has 2 N–H and O–H groups in total. The highest BCUT2D eigenvalue weighted by Crippen LogP contribution is 2.44. The van der Waals surface area contributed by atoms with Gasteiger partial charge in [-0.3, -0.25) is 9.59 Å². The highest BCUT2D eigenvalue weighted by molar-refractivity contribution is 5.74. The van der Waals surface area contributed by atoms with E-state index in [1.807, 2.05) is 0 Å². The number of hydrogen-bond donors (Lipinski definition) is 1. The maximum Gasteiger partial charge on any atom is 0.508 e. The van der Waals surface area contributed by atoms with Gasteiger partial charge in [0.05, 0.1) is 18.9 Å². The largest absolute Gasteiger partial charge is 0.508 e. The second-order valence-electron chi connectivity index (χ2n) is 8.87. The molecule has 0 aromatic carbocycles. The number of carbonyl (C=O) groups is 3. The molecule has 4 atom stereocenters. The summed E-state index contributed by atoms with van der Waals surface area (Å²) in [5.74, 6) is -1.09. The van der Waals surface area contributed by atoms with Gasteiger partial charge in [-0.1, -0.05) is 0 Å². The summed E-state index contributed by atoms with van der Waals surface area (Å²) < 4.78 is 34.6. The molecular formula is C23H25N5O9. The second kappa shape index (κ2) is 10.2. The van der Waals surface area contributed by atoms with Crippen LogP contribution in [0.25, 0.3) is 5.52 Å². The number of rotatable bonds is 4. The van der Waals surface area contributed by atoms with Gasteiger partial charge < -0.3 is 34.2 Å². The van der Waals surface area contributed by atoms with E-state index in [-0.39, 0.29) is 36.9 Å². The van der Waals surface area contributed by atoms with Crippen molar-refractivity contribution in [2.75, 3.05) is 25.6 Å². The molecule has 0 radical (unpaired) electrons. The Morgan fingerprint density at radius 2 is 1.97 bits per heavy atom. The van der Waals surface area contributed by atoms with Gasteiger partial charge in [0.15, 0.2) is 18.0 Å². The molecule has 196 valence electrons. The van der Waals surface area contributed by atoms with Gasteiger partial charge in [-0.15, -0.1) is 0 Å². The number of aromatic nitrogens is 3. The molecular weight excluding hydrogens is 490 g/mol. The molecule has 14 heteroatoms. The summed E-state index contributed by atoms with van der Waals surface area (Å²) in [4.78, 5) is 41.4. The fourth-order valence-electron chi connectivity index (χ4n) is 4.71. The molecule has 3 aliphatic rings. The first kappa shape index (κ1) is 24.7. The van der Waals surface area contributed by atoms with Crippen molar-refractivity contribution < 1.29 is 42.8 Å². The van der Waals surface area contributed by atoms with Gasteiger partial charge in [-0.25, -0.2) is 14.3 Å². The Labute approximate surface area is 210 Å². The molecule has 3 aliphatic heterocycles. The number of ether oxygens (including phenoxy) is 6. The Balaban J connectivity index is 1.47. The summed E-state index contributed by atoms with van der Waals surface area (Å²) in [5, 5.41) is 14.6. The van der Waals surface area contributed by atoms with Crippen LogP contribution < -0.4 is 5.73 Å². The van der Waals surface area contributed by atoms with Gasteiger partial charge in [0, 0.05) is 25.7 Å². The summed E-state index contributed by atoms with van der Waals surface area (Å²) in [6.07, 6.45) is -2.69. The molecule has 5 rings (SSSR count). The van der Waals surface area contributed by atoms with Gasteiger partial charge in [0.1, 0.15) is 36.7 Å². The number of hydrogen-bond acceptors (Lipinski definition) is 13. The van der Waals surface area contributed by atoms with Crippen molar-refractivity contribution in [1.82, 2.24) is 14.6 Å². The molecule has 2 aromatic heterocycles. The topological polar surface area (TPSA) is 187 Å². The molecule has 14 nitrogen and oxygen atoms in total. The number of fused-ring (bicyclic) bond motifs is 2. The smallest absolute Gasteiger partial charge is 0.455 e. The van der Waals surface area contributed by atoms with E-state index < -0.39 is 48.6 Å². The van der Waals surface area contributed by atoms with Gasteiger partial charge >= 0.3 is 18.1 Å². The molecule has 37 heavy (non-hydrogen) atoms. The molecule has 0 spiro atoms. The molecule has 2 aromatic rings. The van der Waals surface area contributed by atoms with Crippen molar-refractivity contribution in [3.05, 3.63) is 24.2 Å². The van der Waals surface area contributed by atoms with Crippen molar-refractivity contribution in [1.29, 1.82) is 5.26 Å². The number of anilines is 1. The first-order valence-electron chi connectivity index (χ1n) is 11.9. The summed E-state index contributed by atoms with van der Waals surface area (Å²) in [5.41, 5.74) is 4.53. The van der Waals surface area contributed by atoms with E-state index in [1.54, 1.807) is 6.07 Å².